The molecule has 2 aromatic carbocycles. The van der Waals surface area contributed by atoms with Crippen molar-refractivity contribution in [3.8, 4) is 0 Å². The third-order valence-electron chi connectivity index (χ3n) is 4.02. The Balaban J connectivity index is 1.58. The molecular formula is C18H20FN3O. The number of nitrogens with two attached hydrogens (primary N) is 1. The second kappa shape index (κ2) is 6.79. The molecular weight excluding hydrogens is 293 g/mol. The van der Waals surface area contributed by atoms with Gasteiger partial charge >= 0.3 is 0 Å². The molecule has 5 heteroatoms. The van der Waals surface area contributed by atoms with E-state index in [1.54, 1.807) is 11.0 Å². The van der Waals surface area contributed by atoms with E-state index in [0.717, 1.165) is 23.4 Å². The van der Waals surface area contributed by atoms with E-state index in [1.165, 1.54) is 12.1 Å². The lowest BCUT2D eigenvalue weighted by molar-refractivity contribution is -0.136. The molecule has 1 heterocycles. The Kier molecular flexibility index (Phi) is 4.57. The lowest BCUT2D eigenvalue weighted by atomic mass is 10.1. The smallest absolute Gasteiger partial charge is 0.237 e. The molecule has 0 spiro atoms. The van der Waals surface area contributed by atoms with Crippen LogP contribution >= 0.6 is 0 Å². The maximum atomic E-state index is 13.2. The molecule has 3 rings (SSSR count). The van der Waals surface area contributed by atoms with Gasteiger partial charge in [-0.1, -0.05) is 24.3 Å². The molecule has 0 saturated carbocycles. The van der Waals surface area contributed by atoms with Crippen LogP contribution in [0, 0.1) is 5.82 Å². The van der Waals surface area contributed by atoms with Gasteiger partial charge in [0.1, 0.15) is 5.82 Å². The molecule has 1 saturated heterocycles. The molecule has 23 heavy (non-hydrogen) atoms. The maximum Gasteiger partial charge on any atom is 0.237 e. The summed E-state index contributed by atoms with van der Waals surface area (Å²) in [6.45, 7) is 3.00. The minimum Gasteiger partial charge on any atom is -0.399 e. The Hall–Kier alpha value is -2.40. The second-order valence-corrected chi connectivity index (χ2v) is 5.90. The van der Waals surface area contributed by atoms with E-state index in [-0.39, 0.29) is 11.7 Å². The number of anilines is 1. The molecule has 1 fully saturated rings. The predicted octanol–water partition coefficient (Wildman–Crippen LogP) is 2.25. The zero-order chi connectivity index (χ0) is 16.2. The van der Waals surface area contributed by atoms with E-state index in [4.69, 9.17) is 5.73 Å². The van der Waals surface area contributed by atoms with Gasteiger partial charge in [0, 0.05) is 31.9 Å². The molecule has 0 unspecified atom stereocenters. The number of amides is 1. The minimum atomic E-state index is -0.268. The van der Waals surface area contributed by atoms with Crippen molar-refractivity contribution >= 4 is 11.6 Å². The van der Waals surface area contributed by atoms with Crippen LogP contribution in [0.4, 0.5) is 10.1 Å². The number of nitrogen functional groups attached to an aromatic ring is 1. The molecule has 1 aliphatic rings. The van der Waals surface area contributed by atoms with Crippen molar-refractivity contribution in [2.75, 3.05) is 25.4 Å². The first-order valence-corrected chi connectivity index (χ1v) is 7.69. The Bertz CT molecular complexity index is 704. The fourth-order valence-electron chi connectivity index (χ4n) is 2.86. The van der Waals surface area contributed by atoms with Crippen molar-refractivity contribution < 1.29 is 9.18 Å². The average Bonchev–Trinajstić information content (AvgIpc) is 2.50. The number of carbonyl (C=O) groups is 1. The number of nitrogens with zero attached hydrogens (tertiary/aromatic N) is 2. The van der Waals surface area contributed by atoms with E-state index >= 15 is 0 Å². The van der Waals surface area contributed by atoms with Crippen LogP contribution in [0.25, 0.3) is 0 Å². The largest absolute Gasteiger partial charge is 0.399 e. The molecule has 0 aromatic heterocycles. The van der Waals surface area contributed by atoms with Crippen LogP contribution in [0.5, 0.6) is 0 Å². The first-order valence-electron chi connectivity index (χ1n) is 7.69. The maximum absolute atomic E-state index is 13.2. The van der Waals surface area contributed by atoms with Crippen molar-refractivity contribution in [1.82, 2.24) is 9.80 Å². The van der Waals surface area contributed by atoms with Gasteiger partial charge in [0.15, 0.2) is 0 Å². The van der Waals surface area contributed by atoms with Crippen molar-refractivity contribution in [1.29, 1.82) is 0 Å². The van der Waals surface area contributed by atoms with Crippen molar-refractivity contribution in [2.45, 2.75) is 13.1 Å². The third-order valence-corrected chi connectivity index (χ3v) is 4.02. The Morgan fingerprint density at radius 3 is 2.43 bits per heavy atom. The van der Waals surface area contributed by atoms with Gasteiger partial charge in [-0.2, -0.15) is 0 Å². The van der Waals surface area contributed by atoms with E-state index in [0.29, 0.717) is 26.2 Å². The van der Waals surface area contributed by atoms with Crippen molar-refractivity contribution in [2.24, 2.45) is 0 Å². The number of carbonyl (C=O) groups excluding carboxylic acids is 1. The number of benzene rings is 2. The normalized spacial score (nSPS) is 15.9. The van der Waals surface area contributed by atoms with Crippen LogP contribution in [0.2, 0.25) is 0 Å². The Morgan fingerprint density at radius 1 is 1.00 bits per heavy atom. The number of piperazine rings is 1. The zero-order valence-corrected chi connectivity index (χ0v) is 12.9. The van der Waals surface area contributed by atoms with Crippen LogP contribution in [0.1, 0.15) is 11.1 Å². The van der Waals surface area contributed by atoms with Crippen LogP contribution in [-0.4, -0.2) is 35.3 Å². The van der Waals surface area contributed by atoms with Crippen molar-refractivity contribution in [3.63, 3.8) is 0 Å². The highest BCUT2D eigenvalue weighted by atomic mass is 19.1. The molecule has 1 aliphatic heterocycles. The molecule has 0 radical (unpaired) electrons. The highest BCUT2D eigenvalue weighted by Crippen LogP contribution is 2.14. The van der Waals surface area contributed by atoms with E-state index in [1.807, 2.05) is 30.3 Å². The van der Waals surface area contributed by atoms with Crippen LogP contribution in [0.15, 0.2) is 48.5 Å². The average molecular weight is 313 g/mol. The van der Waals surface area contributed by atoms with Crippen LogP contribution in [0.3, 0.4) is 0 Å². The third kappa shape index (κ3) is 4.07. The van der Waals surface area contributed by atoms with Gasteiger partial charge in [0.25, 0.3) is 0 Å². The molecule has 0 bridgehead atoms. The van der Waals surface area contributed by atoms with Gasteiger partial charge in [0.2, 0.25) is 5.91 Å². The lowest BCUT2D eigenvalue weighted by Gasteiger charge is -2.34. The monoisotopic (exact) mass is 313 g/mol. The van der Waals surface area contributed by atoms with Gasteiger partial charge in [-0.3, -0.25) is 9.69 Å². The number of halogens is 1. The van der Waals surface area contributed by atoms with Crippen molar-refractivity contribution in [3.05, 3.63) is 65.5 Å². The predicted molar refractivity (Wildman–Crippen MR) is 87.9 cm³/mol. The molecule has 0 aliphatic carbocycles. The molecule has 4 nitrogen and oxygen atoms in total. The summed E-state index contributed by atoms with van der Waals surface area (Å²) < 4.78 is 13.2. The zero-order valence-electron chi connectivity index (χ0n) is 12.9. The van der Waals surface area contributed by atoms with E-state index in [2.05, 4.69) is 4.90 Å². The molecule has 2 aromatic rings. The highest BCUT2D eigenvalue weighted by Gasteiger charge is 2.23. The molecule has 0 atom stereocenters. The Morgan fingerprint density at radius 2 is 1.74 bits per heavy atom. The summed E-state index contributed by atoms with van der Waals surface area (Å²) >= 11 is 0. The molecule has 1 amide bonds. The summed E-state index contributed by atoms with van der Waals surface area (Å²) in [6.07, 6.45) is 0. The highest BCUT2D eigenvalue weighted by molar-refractivity contribution is 5.79. The SMILES string of the molecule is Nc1cccc(CN2CCN(Cc3cccc(F)c3)C(=O)C2)c1. The summed E-state index contributed by atoms with van der Waals surface area (Å²) in [5.41, 5.74) is 8.45. The Labute approximate surface area is 135 Å². The first-order chi connectivity index (χ1) is 11.1. The van der Waals surface area contributed by atoms with Gasteiger partial charge in [-0.25, -0.2) is 4.39 Å². The number of hydrogen-bond donors (Lipinski definition) is 1. The first kappa shape index (κ1) is 15.5. The summed E-state index contributed by atoms with van der Waals surface area (Å²) in [4.78, 5) is 16.2. The molecule has 2 N–H and O–H groups in total. The van der Waals surface area contributed by atoms with Crippen LogP contribution in [-0.2, 0) is 17.9 Å². The lowest BCUT2D eigenvalue weighted by Crippen LogP contribution is -2.49. The molecule has 120 valence electrons. The summed E-state index contributed by atoms with van der Waals surface area (Å²) in [7, 11) is 0. The van der Waals surface area contributed by atoms with Crippen LogP contribution < -0.4 is 5.73 Å². The van der Waals surface area contributed by atoms with Gasteiger partial charge in [-0.15, -0.1) is 0 Å². The van der Waals surface area contributed by atoms with Gasteiger partial charge < -0.3 is 10.6 Å². The fraction of sp³-hybridized carbons (Fsp3) is 0.278. The summed E-state index contributed by atoms with van der Waals surface area (Å²) in [5, 5.41) is 0. The van der Waals surface area contributed by atoms with E-state index < -0.39 is 0 Å². The number of hydrogen-bond acceptors (Lipinski definition) is 3. The number of rotatable bonds is 4. The fourth-order valence-corrected chi connectivity index (χ4v) is 2.86. The quantitative estimate of drug-likeness (QED) is 0.881. The minimum absolute atomic E-state index is 0.0735. The summed E-state index contributed by atoms with van der Waals surface area (Å²) in [6, 6.07) is 14.1. The standard InChI is InChI=1S/C18H20FN3O/c19-16-5-1-3-14(9-16)12-22-8-7-21(13-18(22)23)11-15-4-2-6-17(20)10-15/h1-6,9-10H,7-8,11-13,20H2. The van der Waals surface area contributed by atoms with E-state index in [9.17, 15) is 9.18 Å². The summed E-state index contributed by atoms with van der Waals surface area (Å²) in [5.74, 6) is -0.195. The van der Waals surface area contributed by atoms with Gasteiger partial charge in [-0.05, 0) is 35.4 Å². The second-order valence-electron chi connectivity index (χ2n) is 5.90. The topological polar surface area (TPSA) is 49.6 Å². The van der Waals surface area contributed by atoms with Gasteiger partial charge in [0.05, 0.1) is 6.54 Å².